The van der Waals surface area contributed by atoms with E-state index in [9.17, 15) is 0 Å². The number of hydrogen-bond donors (Lipinski definition) is 0. The smallest absolute Gasteiger partial charge is 0.238 e. The van der Waals surface area contributed by atoms with Gasteiger partial charge in [0.2, 0.25) is 5.95 Å². The van der Waals surface area contributed by atoms with Gasteiger partial charge in [0.15, 0.2) is 17.5 Å². The van der Waals surface area contributed by atoms with E-state index in [1.807, 2.05) is 35.7 Å². The lowest BCUT2D eigenvalue weighted by Gasteiger charge is -2.13. The summed E-state index contributed by atoms with van der Waals surface area (Å²) in [5.74, 6) is 2.67. The van der Waals surface area contributed by atoms with Gasteiger partial charge < -0.3 is 9.13 Å². The molecule has 0 aliphatic carbocycles. The molecule has 0 bridgehead atoms. The van der Waals surface area contributed by atoms with Crippen LogP contribution in [-0.2, 0) is 0 Å². The summed E-state index contributed by atoms with van der Waals surface area (Å²) in [6.45, 7) is 0. The fourth-order valence-corrected chi connectivity index (χ4v) is 14.4. The quantitative estimate of drug-likeness (QED) is 0.159. The van der Waals surface area contributed by atoms with Crippen molar-refractivity contribution in [3.8, 4) is 57.0 Å². The third-order valence-corrected chi connectivity index (χ3v) is 18.1. The number of thiophene rings is 1. The molecule has 0 atom stereocenters. The van der Waals surface area contributed by atoms with Crippen LogP contribution in [0.5, 0.6) is 0 Å². The molecular formula is C74H44N8S. The third kappa shape index (κ3) is 6.80. The Morgan fingerprint density at radius 3 is 1.40 bits per heavy atom. The molecule has 7 heterocycles. The van der Waals surface area contributed by atoms with Crippen LogP contribution in [0.4, 0.5) is 0 Å². The summed E-state index contributed by atoms with van der Waals surface area (Å²) >= 11 is 1.81. The topological polar surface area (TPSA) is 71.3 Å². The van der Waals surface area contributed by atoms with Gasteiger partial charge in [0.25, 0.3) is 0 Å². The zero-order chi connectivity index (χ0) is 54.3. The average Bonchev–Trinajstić information content (AvgIpc) is 3.91. The number of aromatic nitrogens is 8. The Morgan fingerprint density at radius 1 is 0.277 bits per heavy atom. The summed E-state index contributed by atoms with van der Waals surface area (Å²) in [6.07, 6.45) is 1.97. The molecule has 386 valence electrons. The highest BCUT2D eigenvalue weighted by molar-refractivity contribution is 7.26. The maximum atomic E-state index is 5.44. The van der Waals surface area contributed by atoms with Gasteiger partial charge in [-0.2, -0.15) is 9.97 Å². The van der Waals surface area contributed by atoms with Gasteiger partial charge in [-0.15, -0.1) is 11.3 Å². The van der Waals surface area contributed by atoms with Gasteiger partial charge in [0.1, 0.15) is 0 Å². The molecule has 8 nitrogen and oxygen atoms in total. The van der Waals surface area contributed by atoms with Crippen LogP contribution < -0.4 is 0 Å². The minimum absolute atomic E-state index is 0.549. The van der Waals surface area contributed by atoms with E-state index in [1.165, 1.54) is 48.1 Å². The first kappa shape index (κ1) is 45.8. The Hall–Kier alpha value is -11.0. The normalized spacial score (nSPS) is 12.1. The van der Waals surface area contributed by atoms with E-state index in [4.69, 9.17) is 19.9 Å². The summed E-state index contributed by atoms with van der Waals surface area (Å²) in [7, 11) is 0. The lowest BCUT2D eigenvalue weighted by Crippen LogP contribution is -2.07. The number of hydrogen-bond acceptors (Lipinski definition) is 5. The molecule has 9 heteroatoms. The van der Waals surface area contributed by atoms with Crippen LogP contribution in [0.25, 0.3) is 164 Å². The Morgan fingerprint density at radius 2 is 0.759 bits per heavy atom. The first-order chi connectivity index (χ1) is 41.2. The first-order valence-corrected chi connectivity index (χ1v) is 28.8. The molecule has 18 rings (SSSR count). The molecule has 0 saturated carbocycles. The van der Waals surface area contributed by atoms with Crippen LogP contribution in [0.1, 0.15) is 0 Å². The largest absolute Gasteiger partial charge is 0.309 e. The standard InChI is InChI=1S/C74H44N8S/c1-3-17-46(18-4-1)71-76-72(78-74(77-71)82-65-30-16-10-24-54(65)57-38-37-56-53-23-9-14-28-63(53)80(68(56)69(57)82)49-19-5-2-6-20-49)47-33-31-45(32-34-47)48-35-39-66-59(43-48)55-25-11-15-29-64(55)81(66)73-70-58(41-42-75-73)60-44-50(36-40-67(60)83-70)79-61-26-12-7-21-51(61)52-22-8-13-27-62(52)79/h1-44H. The molecule has 0 aliphatic heterocycles. The van der Waals surface area contributed by atoms with Crippen molar-refractivity contribution >= 4 is 119 Å². The van der Waals surface area contributed by atoms with E-state index in [0.29, 0.717) is 17.6 Å². The highest BCUT2D eigenvalue weighted by atomic mass is 32.1. The highest BCUT2D eigenvalue weighted by Gasteiger charge is 2.25. The van der Waals surface area contributed by atoms with Crippen molar-refractivity contribution in [3.63, 3.8) is 0 Å². The molecule has 18 aromatic rings. The van der Waals surface area contributed by atoms with Crippen molar-refractivity contribution in [2.75, 3.05) is 0 Å². The molecule has 0 amide bonds. The number of para-hydroxylation sites is 6. The molecule has 0 spiro atoms. The molecule has 0 radical (unpaired) electrons. The molecule has 0 aliphatic rings. The van der Waals surface area contributed by atoms with Gasteiger partial charge in [0.05, 0.1) is 48.8 Å². The van der Waals surface area contributed by atoms with E-state index in [1.54, 1.807) is 0 Å². The summed E-state index contributed by atoms with van der Waals surface area (Å²) in [6, 6.07) is 93.4. The molecular weight excluding hydrogens is 1030 g/mol. The number of benzene rings is 11. The van der Waals surface area contributed by atoms with Gasteiger partial charge >= 0.3 is 0 Å². The molecule has 0 N–H and O–H groups in total. The van der Waals surface area contributed by atoms with Crippen LogP contribution >= 0.6 is 11.3 Å². The van der Waals surface area contributed by atoms with Gasteiger partial charge in [-0.3, -0.25) is 9.13 Å². The molecule has 7 aromatic heterocycles. The van der Waals surface area contributed by atoms with Crippen LogP contribution in [0.3, 0.4) is 0 Å². The van der Waals surface area contributed by atoms with Gasteiger partial charge in [-0.05, 0) is 90.0 Å². The van der Waals surface area contributed by atoms with E-state index in [2.05, 4.69) is 261 Å². The monoisotopic (exact) mass is 1080 g/mol. The van der Waals surface area contributed by atoms with Gasteiger partial charge in [0, 0.05) is 87.3 Å². The summed E-state index contributed by atoms with van der Waals surface area (Å²) in [5.41, 5.74) is 15.1. The zero-order valence-corrected chi connectivity index (χ0v) is 45.2. The van der Waals surface area contributed by atoms with Crippen molar-refractivity contribution in [2.45, 2.75) is 0 Å². The lowest BCUT2D eigenvalue weighted by molar-refractivity contribution is 0.953. The van der Waals surface area contributed by atoms with Crippen molar-refractivity contribution in [1.82, 2.24) is 38.2 Å². The second-order valence-electron chi connectivity index (χ2n) is 21.4. The second kappa shape index (κ2) is 17.7. The Balaban J connectivity index is 0.765. The third-order valence-electron chi connectivity index (χ3n) is 16.9. The van der Waals surface area contributed by atoms with Gasteiger partial charge in [-0.1, -0.05) is 182 Å². The SMILES string of the molecule is c1ccc(-c2nc(-c3ccc(-c4ccc5c(c4)c4ccccc4n5-c4nccc5c4sc4ccc(-n6c7ccccc7c7ccccc76)cc45)cc3)nc(-n3c4ccccc4c4ccc5c6ccccc6n(-c6ccccc6)c5c43)n2)cc1. The number of fused-ring (bicyclic) bond motifs is 16. The number of nitrogens with zero attached hydrogens (tertiary/aromatic N) is 8. The van der Waals surface area contributed by atoms with Crippen LogP contribution in [0.15, 0.2) is 267 Å². The van der Waals surface area contributed by atoms with E-state index >= 15 is 0 Å². The predicted octanol–water partition coefficient (Wildman–Crippen LogP) is 19.0. The summed E-state index contributed by atoms with van der Waals surface area (Å²) in [5, 5.41) is 11.9. The van der Waals surface area contributed by atoms with E-state index in [0.717, 1.165) is 98.8 Å². The van der Waals surface area contributed by atoms with E-state index in [-0.39, 0.29) is 0 Å². The molecule has 11 aromatic carbocycles. The predicted molar refractivity (Wildman–Crippen MR) is 344 cm³/mol. The highest BCUT2D eigenvalue weighted by Crippen LogP contribution is 2.45. The minimum Gasteiger partial charge on any atom is -0.309 e. The van der Waals surface area contributed by atoms with Gasteiger partial charge in [-0.25, -0.2) is 9.97 Å². The number of pyridine rings is 1. The fourth-order valence-electron chi connectivity index (χ4n) is 13.2. The Kier molecular flexibility index (Phi) is 9.80. The molecule has 0 unspecified atom stereocenters. The lowest BCUT2D eigenvalue weighted by atomic mass is 10.0. The van der Waals surface area contributed by atoms with Crippen LogP contribution in [0, 0.1) is 0 Å². The minimum atomic E-state index is 0.549. The summed E-state index contributed by atoms with van der Waals surface area (Å²) in [4.78, 5) is 21.2. The second-order valence-corrected chi connectivity index (χ2v) is 22.4. The average molecular weight is 1080 g/mol. The molecule has 0 saturated heterocycles. The van der Waals surface area contributed by atoms with Crippen LogP contribution in [-0.4, -0.2) is 38.2 Å². The van der Waals surface area contributed by atoms with Crippen molar-refractivity contribution in [2.24, 2.45) is 0 Å². The maximum Gasteiger partial charge on any atom is 0.238 e. The van der Waals surface area contributed by atoms with Crippen molar-refractivity contribution in [3.05, 3.63) is 267 Å². The van der Waals surface area contributed by atoms with Crippen molar-refractivity contribution in [1.29, 1.82) is 0 Å². The number of rotatable bonds is 7. The fraction of sp³-hybridized carbons (Fsp3) is 0. The zero-order valence-electron chi connectivity index (χ0n) is 44.4. The van der Waals surface area contributed by atoms with E-state index < -0.39 is 0 Å². The van der Waals surface area contributed by atoms with Crippen LogP contribution in [0.2, 0.25) is 0 Å². The maximum absolute atomic E-state index is 5.44. The Labute approximate surface area is 478 Å². The first-order valence-electron chi connectivity index (χ1n) is 28.0. The van der Waals surface area contributed by atoms with Crippen molar-refractivity contribution < 1.29 is 0 Å². The molecule has 0 fully saturated rings. The Bertz CT molecular complexity index is 5640. The summed E-state index contributed by atoms with van der Waals surface area (Å²) < 4.78 is 11.8. The molecule has 83 heavy (non-hydrogen) atoms.